The number of aromatic nitrogens is 2. The number of hydrogen-bond donors (Lipinski definition) is 1. The third-order valence-corrected chi connectivity index (χ3v) is 6.21. The molecular weight excluding hydrogens is 410 g/mol. The molecule has 4 aromatic rings. The fraction of sp³-hybridized carbons (Fsp3) is 0.208. The zero-order chi connectivity index (χ0) is 22.3. The van der Waals surface area contributed by atoms with Gasteiger partial charge < -0.3 is 5.32 Å². The summed E-state index contributed by atoms with van der Waals surface area (Å²) in [5.74, 6) is -0.325. The molecule has 0 unspecified atom stereocenters. The lowest BCUT2D eigenvalue weighted by Gasteiger charge is -2.15. The van der Waals surface area contributed by atoms with Crippen LogP contribution in [0.1, 0.15) is 22.3 Å². The van der Waals surface area contributed by atoms with E-state index in [1.54, 1.807) is 17.5 Å². The number of amides is 1. The van der Waals surface area contributed by atoms with E-state index in [-0.39, 0.29) is 18.0 Å². The van der Waals surface area contributed by atoms with E-state index in [0.717, 1.165) is 22.3 Å². The number of hydrogen-bond acceptors (Lipinski definition) is 4. The fourth-order valence-corrected chi connectivity index (χ4v) is 4.54. The molecule has 0 spiro atoms. The minimum Gasteiger partial charge on any atom is -0.324 e. The highest BCUT2D eigenvalue weighted by Gasteiger charge is 2.19. The first kappa shape index (κ1) is 20.8. The maximum absolute atomic E-state index is 13.4. The number of aryl methyl sites for hydroxylation is 4. The van der Waals surface area contributed by atoms with Gasteiger partial charge in [0.25, 0.3) is 5.56 Å². The van der Waals surface area contributed by atoms with E-state index in [0.29, 0.717) is 21.6 Å². The highest BCUT2D eigenvalue weighted by atomic mass is 32.1. The summed E-state index contributed by atoms with van der Waals surface area (Å²) in [6.45, 7) is 7.50. The lowest BCUT2D eigenvalue weighted by molar-refractivity contribution is -0.116. The van der Waals surface area contributed by atoms with Gasteiger partial charge in [0.15, 0.2) is 0 Å². The second kappa shape index (κ2) is 8.00. The average molecular weight is 434 g/mol. The van der Waals surface area contributed by atoms with E-state index in [4.69, 9.17) is 0 Å². The van der Waals surface area contributed by atoms with Gasteiger partial charge in [-0.15, -0.1) is 11.3 Å². The second-order valence-electron chi connectivity index (χ2n) is 7.80. The van der Waals surface area contributed by atoms with Crippen LogP contribution in [-0.2, 0) is 11.3 Å². The molecule has 0 fully saturated rings. The molecule has 2 aromatic heterocycles. The largest absolute Gasteiger partial charge is 0.336 e. The molecule has 0 saturated heterocycles. The van der Waals surface area contributed by atoms with Crippen molar-refractivity contribution in [1.29, 1.82) is 0 Å². The minimum atomic E-state index is -0.529. The number of carbonyl (C=O) groups excluding carboxylic acids is 1. The maximum Gasteiger partial charge on any atom is 0.336 e. The molecule has 31 heavy (non-hydrogen) atoms. The van der Waals surface area contributed by atoms with Crippen LogP contribution in [0.4, 0.5) is 5.69 Å². The van der Waals surface area contributed by atoms with Crippen LogP contribution in [0.5, 0.6) is 0 Å². The molecule has 6 nitrogen and oxygen atoms in total. The number of benzene rings is 2. The smallest absolute Gasteiger partial charge is 0.324 e. The van der Waals surface area contributed by atoms with Crippen molar-refractivity contribution in [2.75, 3.05) is 5.32 Å². The summed E-state index contributed by atoms with van der Waals surface area (Å²) >= 11 is 1.27. The summed E-state index contributed by atoms with van der Waals surface area (Å²) in [7, 11) is 0. The first-order valence-electron chi connectivity index (χ1n) is 9.94. The summed E-state index contributed by atoms with van der Waals surface area (Å²) in [5, 5.41) is 4.65. The quantitative estimate of drug-likeness (QED) is 0.527. The van der Waals surface area contributed by atoms with Gasteiger partial charge in [0.05, 0.1) is 11.2 Å². The van der Waals surface area contributed by atoms with E-state index < -0.39 is 5.69 Å². The van der Waals surface area contributed by atoms with Gasteiger partial charge in [-0.1, -0.05) is 29.8 Å². The topological polar surface area (TPSA) is 73.1 Å². The Morgan fingerprint density at radius 1 is 0.935 bits per heavy atom. The Kier molecular flexibility index (Phi) is 5.37. The summed E-state index contributed by atoms with van der Waals surface area (Å²) in [6.07, 6.45) is 0. The van der Waals surface area contributed by atoms with Gasteiger partial charge in [-0.05, 0) is 68.0 Å². The molecule has 4 rings (SSSR count). The molecule has 0 saturated carbocycles. The van der Waals surface area contributed by atoms with Crippen LogP contribution in [0, 0.1) is 27.7 Å². The molecule has 2 aromatic carbocycles. The molecule has 158 valence electrons. The molecule has 0 radical (unpaired) electrons. The van der Waals surface area contributed by atoms with Crippen LogP contribution in [0.15, 0.2) is 57.4 Å². The Morgan fingerprint density at radius 2 is 1.65 bits per heavy atom. The van der Waals surface area contributed by atoms with Gasteiger partial charge >= 0.3 is 5.69 Å². The third kappa shape index (κ3) is 3.84. The predicted octanol–water partition coefficient (Wildman–Crippen LogP) is 4.09. The zero-order valence-electron chi connectivity index (χ0n) is 17.9. The molecule has 0 bridgehead atoms. The molecule has 1 N–H and O–H groups in total. The normalized spacial score (nSPS) is 11.1. The van der Waals surface area contributed by atoms with Crippen molar-refractivity contribution in [3.63, 3.8) is 0 Å². The molecule has 0 atom stereocenters. The van der Waals surface area contributed by atoms with Crippen molar-refractivity contribution in [2.45, 2.75) is 34.2 Å². The van der Waals surface area contributed by atoms with E-state index >= 15 is 0 Å². The number of thiophene rings is 1. The Bertz CT molecular complexity index is 1440. The van der Waals surface area contributed by atoms with E-state index in [1.165, 1.54) is 20.5 Å². The van der Waals surface area contributed by atoms with Crippen LogP contribution in [-0.4, -0.2) is 15.0 Å². The number of nitrogens with one attached hydrogen (secondary N) is 1. The van der Waals surface area contributed by atoms with Crippen LogP contribution in [0.2, 0.25) is 0 Å². The predicted molar refractivity (Wildman–Crippen MR) is 126 cm³/mol. The van der Waals surface area contributed by atoms with Gasteiger partial charge in [-0.3, -0.25) is 14.2 Å². The molecule has 0 aliphatic rings. The first-order valence-corrected chi connectivity index (χ1v) is 10.8. The van der Waals surface area contributed by atoms with Gasteiger partial charge in [0.2, 0.25) is 5.91 Å². The highest BCUT2D eigenvalue weighted by molar-refractivity contribution is 7.17. The van der Waals surface area contributed by atoms with Crippen LogP contribution in [0.25, 0.3) is 15.9 Å². The highest BCUT2D eigenvalue weighted by Crippen LogP contribution is 2.19. The number of nitrogens with zero attached hydrogens (tertiary/aromatic N) is 2. The molecule has 1 amide bonds. The number of anilines is 1. The fourth-order valence-electron chi connectivity index (χ4n) is 3.71. The van der Waals surface area contributed by atoms with E-state index in [2.05, 4.69) is 5.32 Å². The number of fused-ring (bicyclic) bond motifs is 1. The molecule has 7 heteroatoms. The number of rotatable bonds is 4. The molecular formula is C24H23N3O3S. The second-order valence-corrected chi connectivity index (χ2v) is 8.72. The van der Waals surface area contributed by atoms with Crippen molar-refractivity contribution in [2.24, 2.45) is 0 Å². The Morgan fingerprint density at radius 3 is 2.39 bits per heavy atom. The van der Waals surface area contributed by atoms with E-state index in [1.807, 2.05) is 58.0 Å². The monoisotopic (exact) mass is 433 g/mol. The average Bonchev–Trinajstić information content (AvgIpc) is 3.20. The van der Waals surface area contributed by atoms with Crippen molar-refractivity contribution in [1.82, 2.24) is 9.13 Å². The summed E-state index contributed by atoms with van der Waals surface area (Å²) in [5.41, 5.74) is 4.64. The first-order chi connectivity index (χ1) is 14.8. The van der Waals surface area contributed by atoms with Crippen molar-refractivity contribution in [3.05, 3.63) is 90.9 Å². The van der Waals surface area contributed by atoms with Gasteiger partial charge in [0.1, 0.15) is 11.2 Å². The lowest BCUT2D eigenvalue weighted by atomic mass is 10.1. The Hall–Kier alpha value is -3.45. The Balaban J connectivity index is 1.82. The van der Waals surface area contributed by atoms with Gasteiger partial charge in [-0.25, -0.2) is 9.36 Å². The lowest BCUT2D eigenvalue weighted by Crippen LogP contribution is -2.40. The van der Waals surface area contributed by atoms with Crippen molar-refractivity contribution in [3.8, 4) is 5.69 Å². The molecule has 0 aliphatic heterocycles. The van der Waals surface area contributed by atoms with Crippen LogP contribution >= 0.6 is 11.3 Å². The van der Waals surface area contributed by atoms with Crippen LogP contribution in [0.3, 0.4) is 0 Å². The SMILES string of the molecule is Cc1ccc(-n2c(=O)c3sccc3n(CC(=O)Nc3cc(C)ccc3C)c2=O)c(C)c1. The summed E-state index contributed by atoms with van der Waals surface area (Å²) < 4.78 is 2.98. The van der Waals surface area contributed by atoms with Crippen molar-refractivity contribution < 1.29 is 4.79 Å². The minimum absolute atomic E-state index is 0.190. The number of carbonyl (C=O) groups is 1. The maximum atomic E-state index is 13.4. The summed E-state index contributed by atoms with van der Waals surface area (Å²) in [4.78, 5) is 39.4. The van der Waals surface area contributed by atoms with Gasteiger partial charge in [-0.2, -0.15) is 0 Å². The van der Waals surface area contributed by atoms with Crippen molar-refractivity contribution >= 4 is 33.1 Å². The van der Waals surface area contributed by atoms with Gasteiger partial charge in [0, 0.05) is 5.69 Å². The van der Waals surface area contributed by atoms with E-state index in [9.17, 15) is 14.4 Å². The molecule has 2 heterocycles. The third-order valence-electron chi connectivity index (χ3n) is 5.32. The molecule has 0 aliphatic carbocycles. The Labute approximate surface area is 183 Å². The zero-order valence-corrected chi connectivity index (χ0v) is 18.7. The summed E-state index contributed by atoms with van der Waals surface area (Å²) in [6, 6.07) is 13.1. The standard InChI is InChI=1S/C24H23N3O3S/c1-14-6-8-19(17(4)11-14)27-23(29)22-20(9-10-31-22)26(24(27)30)13-21(28)25-18-12-15(2)5-7-16(18)3/h5-12H,13H2,1-4H3,(H,25,28). The van der Waals surface area contributed by atoms with Crippen LogP contribution < -0.4 is 16.6 Å².